The van der Waals surface area contributed by atoms with Crippen molar-refractivity contribution in [2.75, 3.05) is 19.8 Å². The Morgan fingerprint density at radius 3 is 2.35 bits per heavy atom. The lowest BCUT2D eigenvalue weighted by molar-refractivity contribution is 0.331. The van der Waals surface area contributed by atoms with Crippen molar-refractivity contribution in [3.63, 3.8) is 0 Å². The van der Waals surface area contributed by atoms with Crippen molar-refractivity contribution >= 4 is 0 Å². The minimum atomic E-state index is 0.0277. The van der Waals surface area contributed by atoms with E-state index in [4.69, 9.17) is 15.2 Å². The third-order valence-corrected chi connectivity index (χ3v) is 5.26. The fourth-order valence-electron chi connectivity index (χ4n) is 4.25. The van der Waals surface area contributed by atoms with Gasteiger partial charge in [0.05, 0.1) is 13.2 Å². The first-order valence-corrected chi connectivity index (χ1v) is 7.64. The van der Waals surface area contributed by atoms with Crippen LogP contribution in [0.25, 0.3) is 0 Å². The summed E-state index contributed by atoms with van der Waals surface area (Å²) >= 11 is 0. The van der Waals surface area contributed by atoms with Crippen LogP contribution in [-0.4, -0.2) is 24.9 Å². The summed E-state index contributed by atoms with van der Waals surface area (Å²) in [4.78, 5) is 0. The molecule has 0 radical (unpaired) electrons. The lowest BCUT2D eigenvalue weighted by Gasteiger charge is -2.31. The van der Waals surface area contributed by atoms with E-state index in [-0.39, 0.29) is 5.41 Å². The zero-order valence-electron chi connectivity index (χ0n) is 11.7. The average molecular weight is 275 g/mol. The molecule has 2 aliphatic heterocycles. The molecular formula is C16H21NO3. The molecule has 4 heteroatoms. The predicted octanol–water partition coefficient (Wildman–Crippen LogP) is 2.03. The summed E-state index contributed by atoms with van der Waals surface area (Å²) in [5, 5.41) is 10.4. The van der Waals surface area contributed by atoms with E-state index in [0.29, 0.717) is 31.3 Å². The van der Waals surface area contributed by atoms with E-state index in [0.717, 1.165) is 42.6 Å². The van der Waals surface area contributed by atoms with Gasteiger partial charge in [0.15, 0.2) is 11.5 Å². The minimum absolute atomic E-state index is 0.0277. The van der Waals surface area contributed by atoms with Gasteiger partial charge in [0.2, 0.25) is 0 Å². The molecule has 108 valence electrons. The van der Waals surface area contributed by atoms with Crippen LogP contribution in [0.2, 0.25) is 0 Å². The lowest BCUT2D eigenvalue weighted by Crippen LogP contribution is -2.33. The van der Waals surface area contributed by atoms with Crippen LogP contribution in [0.5, 0.6) is 17.2 Å². The molecule has 1 aromatic rings. The molecule has 0 saturated heterocycles. The Labute approximate surface area is 118 Å². The van der Waals surface area contributed by atoms with Crippen LogP contribution in [0.3, 0.4) is 0 Å². The maximum absolute atomic E-state index is 10.4. The maximum atomic E-state index is 10.4. The van der Waals surface area contributed by atoms with Gasteiger partial charge in [0.1, 0.15) is 5.75 Å². The molecule has 0 atom stereocenters. The van der Waals surface area contributed by atoms with E-state index in [1.807, 2.05) is 0 Å². The van der Waals surface area contributed by atoms with E-state index in [1.165, 1.54) is 18.4 Å². The van der Waals surface area contributed by atoms with Gasteiger partial charge in [-0.25, -0.2) is 0 Å². The Morgan fingerprint density at radius 1 is 1.00 bits per heavy atom. The number of rotatable bonds is 2. The van der Waals surface area contributed by atoms with Gasteiger partial charge >= 0.3 is 0 Å². The zero-order valence-corrected chi connectivity index (χ0v) is 11.7. The second-order valence-electron chi connectivity index (χ2n) is 6.23. The molecule has 1 fully saturated rings. The van der Waals surface area contributed by atoms with Gasteiger partial charge < -0.3 is 20.3 Å². The molecule has 3 aliphatic rings. The largest absolute Gasteiger partial charge is 0.504 e. The van der Waals surface area contributed by atoms with E-state index in [2.05, 4.69) is 0 Å². The molecule has 1 aromatic carbocycles. The number of aromatic hydroxyl groups is 1. The van der Waals surface area contributed by atoms with Gasteiger partial charge in [-0.05, 0) is 12.8 Å². The van der Waals surface area contributed by atoms with E-state index < -0.39 is 0 Å². The van der Waals surface area contributed by atoms with E-state index in [1.54, 1.807) is 0 Å². The molecule has 0 aromatic heterocycles. The monoisotopic (exact) mass is 275 g/mol. The maximum Gasteiger partial charge on any atom is 0.165 e. The van der Waals surface area contributed by atoms with Crippen LogP contribution >= 0.6 is 0 Å². The van der Waals surface area contributed by atoms with Crippen LogP contribution in [-0.2, 0) is 18.3 Å². The first-order chi connectivity index (χ1) is 9.77. The molecule has 0 bridgehead atoms. The highest BCUT2D eigenvalue weighted by Crippen LogP contribution is 2.55. The van der Waals surface area contributed by atoms with Crippen molar-refractivity contribution in [2.45, 2.75) is 43.9 Å². The first-order valence-electron chi connectivity index (χ1n) is 7.64. The predicted molar refractivity (Wildman–Crippen MR) is 75.7 cm³/mol. The second kappa shape index (κ2) is 4.29. The SMILES string of the molecule is NCC1(c2c3c(c(O)c4c2OCC4)OCC3)CCCC1. The molecule has 3 N–H and O–H groups in total. The van der Waals surface area contributed by atoms with E-state index >= 15 is 0 Å². The summed E-state index contributed by atoms with van der Waals surface area (Å²) in [7, 11) is 0. The summed E-state index contributed by atoms with van der Waals surface area (Å²) in [5.41, 5.74) is 9.53. The van der Waals surface area contributed by atoms with Crippen LogP contribution in [0.4, 0.5) is 0 Å². The minimum Gasteiger partial charge on any atom is -0.504 e. The van der Waals surface area contributed by atoms with Crippen LogP contribution in [0, 0.1) is 0 Å². The van der Waals surface area contributed by atoms with Crippen molar-refractivity contribution in [3.05, 3.63) is 16.7 Å². The van der Waals surface area contributed by atoms with Crippen molar-refractivity contribution < 1.29 is 14.6 Å². The number of hydrogen-bond donors (Lipinski definition) is 2. The Kier molecular flexibility index (Phi) is 2.64. The number of benzene rings is 1. The average Bonchev–Trinajstić information content (AvgIpc) is 3.20. The highest BCUT2D eigenvalue weighted by molar-refractivity contribution is 5.67. The third-order valence-electron chi connectivity index (χ3n) is 5.26. The van der Waals surface area contributed by atoms with Crippen molar-refractivity contribution in [3.8, 4) is 17.2 Å². The number of ether oxygens (including phenoxy) is 2. The standard InChI is InChI=1S/C16H21NO3/c17-9-16(5-1-2-6-16)12-10-3-7-20-15(10)13(18)11-4-8-19-14(11)12/h18H,1-9,17H2. The van der Waals surface area contributed by atoms with Gasteiger partial charge in [0.25, 0.3) is 0 Å². The number of phenolic OH excluding ortho intramolecular Hbond substituents is 1. The summed E-state index contributed by atoms with van der Waals surface area (Å²) in [6, 6.07) is 0. The molecule has 2 heterocycles. The van der Waals surface area contributed by atoms with Gasteiger partial charge in [-0.1, -0.05) is 12.8 Å². The van der Waals surface area contributed by atoms with Gasteiger partial charge in [0, 0.05) is 41.5 Å². The normalized spacial score (nSPS) is 22.2. The zero-order chi connectivity index (χ0) is 13.7. The van der Waals surface area contributed by atoms with Crippen molar-refractivity contribution in [2.24, 2.45) is 5.73 Å². The summed E-state index contributed by atoms with van der Waals surface area (Å²) in [6.45, 7) is 1.96. The number of fused-ring (bicyclic) bond motifs is 2. The summed E-state index contributed by atoms with van der Waals surface area (Å²) < 4.78 is 11.6. The fourth-order valence-corrected chi connectivity index (χ4v) is 4.25. The van der Waals surface area contributed by atoms with E-state index in [9.17, 15) is 5.11 Å². The van der Waals surface area contributed by atoms with Crippen LogP contribution in [0.1, 0.15) is 42.4 Å². The van der Waals surface area contributed by atoms with Gasteiger partial charge in [-0.2, -0.15) is 0 Å². The molecule has 0 amide bonds. The van der Waals surface area contributed by atoms with Crippen LogP contribution in [0.15, 0.2) is 0 Å². The molecule has 1 saturated carbocycles. The molecule has 0 unspecified atom stereocenters. The molecule has 4 rings (SSSR count). The molecule has 0 spiro atoms. The topological polar surface area (TPSA) is 64.7 Å². The van der Waals surface area contributed by atoms with Crippen molar-refractivity contribution in [1.82, 2.24) is 0 Å². The van der Waals surface area contributed by atoms with Crippen molar-refractivity contribution in [1.29, 1.82) is 0 Å². The molecule has 20 heavy (non-hydrogen) atoms. The van der Waals surface area contributed by atoms with Crippen LogP contribution < -0.4 is 15.2 Å². The van der Waals surface area contributed by atoms with Gasteiger partial charge in [-0.3, -0.25) is 0 Å². The number of nitrogens with two attached hydrogens (primary N) is 1. The third kappa shape index (κ3) is 1.46. The Balaban J connectivity index is 1.99. The van der Waals surface area contributed by atoms with Gasteiger partial charge in [-0.15, -0.1) is 0 Å². The quantitative estimate of drug-likeness (QED) is 0.867. The smallest absolute Gasteiger partial charge is 0.165 e. The second-order valence-corrected chi connectivity index (χ2v) is 6.23. The highest BCUT2D eigenvalue weighted by atomic mass is 16.5. The highest BCUT2D eigenvalue weighted by Gasteiger charge is 2.43. The number of phenols is 1. The summed E-state index contributed by atoms with van der Waals surface area (Å²) in [5.74, 6) is 1.92. The molecule has 4 nitrogen and oxygen atoms in total. The molecular weight excluding hydrogens is 254 g/mol. The molecule has 1 aliphatic carbocycles. The lowest BCUT2D eigenvalue weighted by atomic mass is 9.74. The number of hydrogen-bond acceptors (Lipinski definition) is 4. The Hall–Kier alpha value is -1.42. The first kappa shape index (κ1) is 12.3. The fraction of sp³-hybridized carbons (Fsp3) is 0.625. The summed E-state index contributed by atoms with van der Waals surface area (Å²) in [6.07, 6.45) is 6.32. The Bertz CT molecular complexity index is 526. The Morgan fingerprint density at radius 2 is 1.65 bits per heavy atom.